The zero-order chi connectivity index (χ0) is 61.4. The van der Waals surface area contributed by atoms with Gasteiger partial charge in [-0.1, -0.05) is 253 Å². The molecule has 0 bridgehead atoms. The Kier molecular flexibility index (Phi) is 12.3. The second-order valence-electron chi connectivity index (χ2n) is 22.5. The Bertz CT molecular complexity index is 4720. The van der Waals surface area contributed by atoms with Crippen LogP contribution in [0.3, 0.4) is 0 Å². The topological polar surface area (TPSA) is 35.9 Å². The van der Waals surface area contributed by atoms with Crippen molar-refractivity contribution >= 4 is 61.7 Å². The van der Waals surface area contributed by atoms with Gasteiger partial charge in [0.15, 0.2) is 8.07 Å². The third kappa shape index (κ3) is 9.95. The second kappa shape index (κ2) is 22.0. The molecule has 0 aliphatic heterocycles. The smallest absolute Gasteiger partial charge is 0.268 e. The summed E-state index contributed by atoms with van der Waals surface area (Å²) in [5, 5.41) is 6.94. The van der Waals surface area contributed by atoms with Gasteiger partial charge in [-0.25, -0.2) is 4.98 Å². The Hall–Kier alpha value is -8.67. The summed E-state index contributed by atoms with van der Waals surface area (Å²) in [6.45, 7) is 12.1. The van der Waals surface area contributed by atoms with Crippen molar-refractivity contribution in [2.45, 2.75) is 53.3 Å². The van der Waals surface area contributed by atoms with Gasteiger partial charge in [-0.2, -0.15) is 18.2 Å². The number of benzene rings is 10. The summed E-state index contributed by atoms with van der Waals surface area (Å²) in [6.07, 6.45) is 3.19. The summed E-state index contributed by atoms with van der Waals surface area (Å²) in [6, 6.07) is 81.1. The van der Waals surface area contributed by atoms with Crippen molar-refractivity contribution < 1.29 is 40.0 Å². The molecular formula is C75H62N4OPtSi-2. The van der Waals surface area contributed by atoms with E-state index in [-0.39, 0.29) is 43.2 Å². The molecule has 0 aliphatic rings. The molecule has 13 rings (SSSR count). The van der Waals surface area contributed by atoms with Crippen LogP contribution >= 0.6 is 0 Å². The molecule has 404 valence electrons. The van der Waals surface area contributed by atoms with Crippen LogP contribution in [0.15, 0.2) is 255 Å². The van der Waals surface area contributed by atoms with Gasteiger partial charge in [0.1, 0.15) is 5.82 Å². The van der Waals surface area contributed by atoms with Gasteiger partial charge < -0.3 is 13.9 Å². The van der Waals surface area contributed by atoms with Crippen LogP contribution in [0.25, 0.3) is 72.3 Å². The van der Waals surface area contributed by atoms with Gasteiger partial charge in [0.25, 0.3) is 6.33 Å². The standard InChI is InChI=1S/C75H62N4OSi.Pt/c1-74(2,3)50-55-47-72(76-51-66(55)53-26-11-7-12-27-53)79-68-41-20-19-38-64(68)65-45-44-58(49-71(65)79)80-57-30-24-29-56(48-57)77-52-78(70-43-22-21-42-69(70)77)73-63(39-25-40-67(73)75(4,5)6)54-28-23-37-62(46-54)81(59-31-13-8-14-32-59,60-33-15-9-16-34-60)61-35-17-10-18-36-61;/h7-47,51H,50H2,1-6H3;/q-2;/i7D,11D,12D,26D,27D,50D2;. The van der Waals surface area contributed by atoms with E-state index in [1.165, 1.54) is 26.9 Å². The number of rotatable bonds is 12. The fourth-order valence-corrected chi connectivity index (χ4v) is 16.4. The molecule has 3 aromatic heterocycles. The maximum absolute atomic E-state index is 9.60. The van der Waals surface area contributed by atoms with Gasteiger partial charge in [-0.3, -0.25) is 4.57 Å². The van der Waals surface area contributed by atoms with Crippen LogP contribution in [-0.2, 0) is 32.9 Å². The number of para-hydroxylation sites is 4. The number of aromatic nitrogens is 4. The fourth-order valence-electron chi connectivity index (χ4n) is 11.6. The van der Waals surface area contributed by atoms with E-state index >= 15 is 0 Å². The third-order valence-corrected chi connectivity index (χ3v) is 19.8. The van der Waals surface area contributed by atoms with Crippen molar-refractivity contribution in [3.8, 4) is 50.9 Å². The van der Waals surface area contributed by atoms with Crippen LogP contribution in [0.5, 0.6) is 11.5 Å². The van der Waals surface area contributed by atoms with Crippen molar-refractivity contribution in [3.05, 3.63) is 284 Å². The zero-order valence-corrected chi connectivity index (χ0v) is 49.6. The predicted octanol–water partition coefficient (Wildman–Crippen LogP) is 15.2. The number of hydrogen-bond acceptors (Lipinski definition) is 2. The normalized spacial score (nSPS) is 13.4. The minimum atomic E-state index is -2.88. The molecule has 0 atom stereocenters. The molecular weight excluding hydrogens is 1200 g/mol. The maximum Gasteiger partial charge on any atom is 0.268 e. The van der Waals surface area contributed by atoms with Crippen LogP contribution in [0.2, 0.25) is 0 Å². The van der Waals surface area contributed by atoms with Crippen LogP contribution in [0, 0.1) is 23.9 Å². The molecule has 7 heteroatoms. The van der Waals surface area contributed by atoms with Crippen molar-refractivity contribution in [2.24, 2.45) is 5.41 Å². The fraction of sp³-hybridized carbons (Fsp3) is 0.120. The molecule has 0 spiro atoms. The SMILES string of the molecule is [2H]c1c([2H])c([2H])c(-c2cnc(-n3c4[c-]c(Oc5[c-]c(-n6[c-][n+](-c7c(-c8cccc([Si](c9ccccc9)(c9ccccc9)c9ccccc9)c8)cccc7C(C)(C)C)c7ccccc76)ccc5)ccc4c4ccccc43)cc2C([2H])([2H])C(C)(C)C)c([2H])c1[2H].[Pt]. The first-order valence-corrected chi connectivity index (χ1v) is 29.4. The van der Waals surface area contributed by atoms with Gasteiger partial charge in [-0.15, -0.1) is 29.7 Å². The monoisotopic (exact) mass is 1260 g/mol. The molecule has 5 nitrogen and oxygen atoms in total. The van der Waals surface area contributed by atoms with E-state index in [0.29, 0.717) is 28.5 Å². The third-order valence-electron chi connectivity index (χ3n) is 15.0. The van der Waals surface area contributed by atoms with Crippen LogP contribution in [0.4, 0.5) is 0 Å². The molecule has 3 heterocycles. The molecule has 0 fully saturated rings. The van der Waals surface area contributed by atoms with Gasteiger partial charge >= 0.3 is 0 Å². The molecule has 0 amide bonds. The van der Waals surface area contributed by atoms with E-state index in [9.17, 15) is 2.74 Å². The Labute approximate surface area is 506 Å². The first-order chi connectivity index (χ1) is 42.3. The van der Waals surface area contributed by atoms with Crippen LogP contribution in [0.1, 0.15) is 62.3 Å². The molecule has 0 saturated heterocycles. The van der Waals surface area contributed by atoms with Crippen LogP contribution < -0.4 is 30.1 Å². The van der Waals surface area contributed by atoms with Crippen molar-refractivity contribution in [1.82, 2.24) is 14.1 Å². The van der Waals surface area contributed by atoms with Crippen LogP contribution in [-0.4, -0.2) is 22.2 Å². The first kappa shape index (κ1) is 46.0. The number of ether oxygens (including phenoxy) is 1. The number of fused-ring (bicyclic) bond motifs is 4. The van der Waals surface area contributed by atoms with E-state index in [4.69, 9.17) is 16.6 Å². The average molecular weight is 1270 g/mol. The van der Waals surface area contributed by atoms with Gasteiger partial charge in [0.2, 0.25) is 0 Å². The van der Waals surface area contributed by atoms with E-state index in [1.807, 2.05) is 69.8 Å². The second-order valence-corrected chi connectivity index (χ2v) is 26.4. The summed E-state index contributed by atoms with van der Waals surface area (Å²) in [5.41, 5.74) is 7.17. The molecule has 0 N–H and O–H groups in total. The Morgan fingerprint density at radius 3 is 1.85 bits per heavy atom. The summed E-state index contributed by atoms with van der Waals surface area (Å²) in [4.78, 5) is 4.90. The number of hydrogen-bond donors (Lipinski definition) is 0. The molecule has 13 aromatic rings. The van der Waals surface area contributed by atoms with E-state index in [2.05, 4.69) is 195 Å². The van der Waals surface area contributed by atoms with Crippen molar-refractivity contribution in [3.63, 3.8) is 0 Å². The van der Waals surface area contributed by atoms with Gasteiger partial charge in [0.05, 0.1) is 23.6 Å². The quantitative estimate of drug-likeness (QED) is 0.0529. The average Bonchev–Trinajstić information content (AvgIpc) is 1.66. The molecule has 82 heavy (non-hydrogen) atoms. The Morgan fingerprint density at radius 2 is 1.17 bits per heavy atom. The van der Waals surface area contributed by atoms with E-state index < -0.39 is 50.1 Å². The minimum absolute atomic E-state index is 0. The molecule has 0 aliphatic carbocycles. The number of pyridine rings is 1. The van der Waals surface area contributed by atoms with Gasteiger partial charge in [0, 0.05) is 52.6 Å². The number of imidazole rings is 1. The Morgan fingerprint density at radius 1 is 0.561 bits per heavy atom. The van der Waals surface area contributed by atoms with E-state index in [0.717, 1.165) is 49.7 Å². The number of nitrogens with zero attached hydrogens (tertiary/aromatic N) is 4. The Balaban J connectivity index is 0.00000769. The largest absolute Gasteiger partial charge is 0.510 e. The summed E-state index contributed by atoms with van der Waals surface area (Å²) in [5.74, 6) is 1.18. The van der Waals surface area contributed by atoms with Crippen molar-refractivity contribution in [1.29, 1.82) is 0 Å². The molecule has 0 unspecified atom stereocenters. The molecule has 0 saturated carbocycles. The van der Waals surface area contributed by atoms with Crippen molar-refractivity contribution in [2.75, 3.05) is 0 Å². The predicted molar refractivity (Wildman–Crippen MR) is 336 cm³/mol. The summed E-state index contributed by atoms with van der Waals surface area (Å²) >= 11 is 0. The van der Waals surface area contributed by atoms with E-state index in [1.54, 1.807) is 26.8 Å². The summed E-state index contributed by atoms with van der Waals surface area (Å²) in [7, 11) is -2.88. The summed E-state index contributed by atoms with van der Waals surface area (Å²) < 4.78 is 75.1. The minimum Gasteiger partial charge on any atom is -0.510 e. The van der Waals surface area contributed by atoms with Gasteiger partial charge in [-0.05, 0) is 89.0 Å². The zero-order valence-electron chi connectivity index (χ0n) is 53.4. The first-order valence-electron chi connectivity index (χ1n) is 30.9. The molecule has 0 radical (unpaired) electrons. The maximum atomic E-state index is 9.60. The molecule has 10 aromatic carbocycles.